The molecule has 1 spiro atoms. The molecule has 76 valence electrons. The van der Waals surface area contributed by atoms with Gasteiger partial charge in [0.05, 0.1) is 24.8 Å². The molecule has 2 atom stereocenters. The molecular formula is C9H18N2O2. The van der Waals surface area contributed by atoms with Crippen LogP contribution in [0.2, 0.25) is 0 Å². The lowest BCUT2D eigenvalue weighted by atomic mass is 10.1. The Kier molecular flexibility index (Phi) is 1.93. The van der Waals surface area contributed by atoms with Gasteiger partial charge in [-0.25, -0.2) is 0 Å². The van der Waals surface area contributed by atoms with Gasteiger partial charge in [-0.2, -0.15) is 0 Å². The van der Waals surface area contributed by atoms with Gasteiger partial charge in [-0.05, 0) is 20.9 Å². The van der Waals surface area contributed by atoms with E-state index >= 15 is 0 Å². The fourth-order valence-corrected chi connectivity index (χ4v) is 2.12. The van der Waals surface area contributed by atoms with Gasteiger partial charge in [0.25, 0.3) is 0 Å². The highest BCUT2D eigenvalue weighted by molar-refractivity contribution is 4.99. The second-order valence-electron chi connectivity index (χ2n) is 4.77. The molecule has 2 aliphatic rings. The van der Waals surface area contributed by atoms with Crippen molar-refractivity contribution < 1.29 is 9.47 Å². The molecule has 0 radical (unpaired) electrons. The van der Waals surface area contributed by atoms with Crippen molar-refractivity contribution in [2.45, 2.75) is 31.3 Å². The summed E-state index contributed by atoms with van der Waals surface area (Å²) in [7, 11) is 2.03. The summed E-state index contributed by atoms with van der Waals surface area (Å²) in [4.78, 5) is 2.14. The van der Waals surface area contributed by atoms with Crippen LogP contribution < -0.4 is 5.73 Å². The van der Waals surface area contributed by atoms with Crippen LogP contribution >= 0.6 is 0 Å². The molecule has 0 saturated carbocycles. The maximum Gasteiger partial charge on any atom is 0.198 e. The third kappa shape index (κ3) is 1.48. The Hall–Kier alpha value is -0.160. The number of nitrogens with two attached hydrogens (primary N) is 1. The van der Waals surface area contributed by atoms with Gasteiger partial charge < -0.3 is 15.2 Å². The molecule has 0 amide bonds. The third-order valence-electron chi connectivity index (χ3n) is 2.68. The Morgan fingerprint density at radius 3 is 2.54 bits per heavy atom. The summed E-state index contributed by atoms with van der Waals surface area (Å²) in [6.07, 6.45) is 0. The summed E-state index contributed by atoms with van der Waals surface area (Å²) in [5.41, 5.74) is 5.80. The molecule has 2 heterocycles. The van der Waals surface area contributed by atoms with E-state index in [4.69, 9.17) is 15.2 Å². The van der Waals surface area contributed by atoms with Gasteiger partial charge in [0.15, 0.2) is 5.79 Å². The normalized spacial score (nSPS) is 44.8. The van der Waals surface area contributed by atoms with Crippen molar-refractivity contribution in [2.24, 2.45) is 5.73 Å². The molecule has 2 rings (SSSR count). The molecule has 0 aromatic carbocycles. The van der Waals surface area contributed by atoms with E-state index in [1.807, 2.05) is 20.9 Å². The van der Waals surface area contributed by atoms with E-state index in [1.54, 1.807) is 0 Å². The van der Waals surface area contributed by atoms with Gasteiger partial charge >= 0.3 is 0 Å². The predicted octanol–water partition coefficient (Wildman–Crippen LogP) is -0.219. The highest BCUT2D eigenvalue weighted by Crippen LogP contribution is 2.36. The fraction of sp³-hybridized carbons (Fsp3) is 1.00. The number of likely N-dealkylation sites (N-methyl/N-ethyl adjacent to an activating group) is 1. The van der Waals surface area contributed by atoms with Crippen LogP contribution in [0.15, 0.2) is 0 Å². The fourth-order valence-electron chi connectivity index (χ4n) is 2.12. The van der Waals surface area contributed by atoms with Crippen LogP contribution in [-0.2, 0) is 9.47 Å². The van der Waals surface area contributed by atoms with Gasteiger partial charge in [-0.3, -0.25) is 4.90 Å². The number of ether oxygens (including phenoxy) is 2. The van der Waals surface area contributed by atoms with Crippen molar-refractivity contribution in [3.8, 4) is 0 Å². The van der Waals surface area contributed by atoms with Crippen molar-refractivity contribution in [3.05, 3.63) is 0 Å². The molecular weight excluding hydrogens is 168 g/mol. The molecule has 0 aromatic rings. The van der Waals surface area contributed by atoms with Crippen LogP contribution in [0.3, 0.4) is 0 Å². The van der Waals surface area contributed by atoms with Crippen LogP contribution in [0.5, 0.6) is 0 Å². The number of hydrogen-bond acceptors (Lipinski definition) is 4. The summed E-state index contributed by atoms with van der Waals surface area (Å²) in [5, 5.41) is 0. The van der Waals surface area contributed by atoms with Crippen LogP contribution in [0.1, 0.15) is 13.8 Å². The van der Waals surface area contributed by atoms with Crippen molar-refractivity contribution in [2.75, 3.05) is 26.7 Å². The Morgan fingerprint density at radius 1 is 1.46 bits per heavy atom. The van der Waals surface area contributed by atoms with Crippen LogP contribution in [0.25, 0.3) is 0 Å². The second-order valence-corrected chi connectivity index (χ2v) is 4.77. The highest BCUT2D eigenvalue weighted by atomic mass is 16.8. The van der Waals surface area contributed by atoms with Gasteiger partial charge in [0, 0.05) is 6.54 Å². The zero-order valence-electron chi connectivity index (χ0n) is 8.54. The van der Waals surface area contributed by atoms with Gasteiger partial charge in [-0.1, -0.05) is 0 Å². The molecule has 2 saturated heterocycles. The van der Waals surface area contributed by atoms with E-state index in [0.717, 1.165) is 13.1 Å². The SMILES string of the molecule is CN1CC(N)C2(C1)OCC(C)(C)O2. The number of nitrogens with zero attached hydrogens (tertiary/aromatic N) is 1. The van der Waals surface area contributed by atoms with Crippen LogP contribution in [0.4, 0.5) is 0 Å². The first kappa shape index (κ1) is 9.40. The molecule has 2 aliphatic heterocycles. The summed E-state index contributed by atoms with van der Waals surface area (Å²) >= 11 is 0. The largest absolute Gasteiger partial charge is 0.344 e. The lowest BCUT2D eigenvalue weighted by Gasteiger charge is -2.28. The lowest BCUT2D eigenvalue weighted by molar-refractivity contribution is -0.178. The minimum atomic E-state index is -0.543. The zero-order chi connectivity index (χ0) is 9.69. The Labute approximate surface area is 79.0 Å². The minimum Gasteiger partial charge on any atom is -0.344 e. The molecule has 0 aromatic heterocycles. The predicted molar refractivity (Wildman–Crippen MR) is 49.3 cm³/mol. The first-order chi connectivity index (χ1) is 5.94. The summed E-state index contributed by atoms with van der Waals surface area (Å²) < 4.78 is 11.6. The van der Waals surface area contributed by atoms with E-state index in [0.29, 0.717) is 6.61 Å². The van der Waals surface area contributed by atoms with Crippen molar-refractivity contribution in [1.82, 2.24) is 4.90 Å². The quantitative estimate of drug-likeness (QED) is 0.568. The van der Waals surface area contributed by atoms with E-state index < -0.39 is 5.79 Å². The average Bonchev–Trinajstić information content (AvgIpc) is 2.38. The molecule has 13 heavy (non-hydrogen) atoms. The van der Waals surface area contributed by atoms with Crippen molar-refractivity contribution >= 4 is 0 Å². The van der Waals surface area contributed by atoms with E-state index in [2.05, 4.69) is 4.90 Å². The first-order valence-corrected chi connectivity index (χ1v) is 4.72. The monoisotopic (exact) mass is 186 g/mol. The maximum atomic E-state index is 5.99. The topological polar surface area (TPSA) is 47.7 Å². The number of hydrogen-bond donors (Lipinski definition) is 1. The minimum absolute atomic E-state index is 0.0284. The van der Waals surface area contributed by atoms with Crippen molar-refractivity contribution in [1.29, 1.82) is 0 Å². The summed E-state index contributed by atoms with van der Waals surface area (Å²) in [6, 6.07) is -0.0284. The van der Waals surface area contributed by atoms with E-state index in [9.17, 15) is 0 Å². The van der Waals surface area contributed by atoms with Crippen LogP contribution in [-0.4, -0.2) is 49.1 Å². The Balaban J connectivity index is 2.15. The third-order valence-corrected chi connectivity index (χ3v) is 2.68. The highest BCUT2D eigenvalue weighted by Gasteiger charge is 2.53. The number of rotatable bonds is 0. The summed E-state index contributed by atoms with van der Waals surface area (Å²) in [6.45, 7) is 6.32. The lowest BCUT2D eigenvalue weighted by Crippen LogP contribution is -2.49. The van der Waals surface area contributed by atoms with Gasteiger partial charge in [0.1, 0.15) is 0 Å². The smallest absolute Gasteiger partial charge is 0.198 e. The molecule has 0 bridgehead atoms. The zero-order valence-corrected chi connectivity index (χ0v) is 8.54. The van der Waals surface area contributed by atoms with Gasteiger partial charge in [-0.15, -0.1) is 0 Å². The second kappa shape index (κ2) is 2.67. The maximum absolute atomic E-state index is 5.99. The summed E-state index contributed by atoms with van der Waals surface area (Å²) in [5.74, 6) is -0.543. The van der Waals surface area contributed by atoms with E-state index in [1.165, 1.54) is 0 Å². The van der Waals surface area contributed by atoms with Gasteiger partial charge in [0.2, 0.25) is 0 Å². The molecule has 4 nitrogen and oxygen atoms in total. The van der Waals surface area contributed by atoms with Crippen molar-refractivity contribution in [3.63, 3.8) is 0 Å². The van der Waals surface area contributed by atoms with Crippen LogP contribution in [0, 0.1) is 0 Å². The molecule has 4 heteroatoms. The molecule has 2 unspecified atom stereocenters. The average molecular weight is 186 g/mol. The molecule has 2 N–H and O–H groups in total. The first-order valence-electron chi connectivity index (χ1n) is 4.72. The number of likely N-dealkylation sites (tertiary alicyclic amines) is 1. The molecule has 0 aliphatic carbocycles. The standard InChI is InChI=1S/C9H18N2O2/c1-8(2)6-12-9(13-8)5-11(3)4-7(9)10/h7H,4-6,10H2,1-3H3. The Morgan fingerprint density at radius 2 is 2.15 bits per heavy atom. The van der Waals surface area contributed by atoms with E-state index in [-0.39, 0.29) is 11.6 Å². The Bertz CT molecular complexity index is 220. The molecule has 2 fully saturated rings.